The number of nitrogens with two attached hydrogens (primary N) is 1. The van der Waals surface area contributed by atoms with Crippen LogP contribution in [0, 0.1) is 5.82 Å². The van der Waals surface area contributed by atoms with Crippen molar-refractivity contribution in [2.24, 2.45) is 5.73 Å². The minimum Gasteiger partial charge on any atom is -0.444 e. The summed E-state index contributed by atoms with van der Waals surface area (Å²) in [5, 5.41) is 3.53. The van der Waals surface area contributed by atoms with Crippen LogP contribution in [0.3, 0.4) is 0 Å². The zero-order valence-electron chi connectivity index (χ0n) is 15.7. The molecular weight excluding hydrogens is 351 g/mol. The van der Waals surface area contributed by atoms with Gasteiger partial charge in [0, 0.05) is 36.1 Å². The maximum absolute atomic E-state index is 13.3. The fourth-order valence-electron chi connectivity index (χ4n) is 3.13. The quantitative estimate of drug-likeness (QED) is 0.749. The van der Waals surface area contributed by atoms with Crippen LogP contribution in [0.2, 0.25) is 0 Å². The van der Waals surface area contributed by atoms with Gasteiger partial charge in [-0.15, -0.1) is 0 Å². The highest BCUT2D eigenvalue weighted by molar-refractivity contribution is 5.98. The number of H-pyrrole nitrogens is 1. The highest BCUT2D eigenvalue weighted by atomic mass is 19.1. The average Bonchev–Trinajstić information content (AvgIpc) is 2.98. The van der Waals surface area contributed by atoms with Gasteiger partial charge in [0.1, 0.15) is 17.1 Å². The van der Waals surface area contributed by atoms with E-state index < -0.39 is 17.7 Å². The number of carbonyl (C=O) groups excluding carboxylic acids is 2. The van der Waals surface area contributed by atoms with Crippen LogP contribution in [0.15, 0.2) is 24.3 Å². The molecule has 0 aliphatic carbocycles. The molecule has 1 saturated heterocycles. The van der Waals surface area contributed by atoms with Crippen LogP contribution in [0.5, 0.6) is 0 Å². The number of ether oxygens (including phenoxy) is 1. The maximum Gasteiger partial charge on any atom is 0.410 e. The summed E-state index contributed by atoms with van der Waals surface area (Å²) in [5.74, 6) is -0.664. The van der Waals surface area contributed by atoms with Crippen LogP contribution in [0.4, 0.5) is 9.18 Å². The molecule has 27 heavy (non-hydrogen) atoms. The topological polar surface area (TPSA) is 100 Å². The van der Waals surface area contributed by atoms with E-state index in [1.54, 1.807) is 17.0 Å². The summed E-state index contributed by atoms with van der Waals surface area (Å²) in [6, 6.07) is 5.23. The van der Waals surface area contributed by atoms with E-state index in [1.807, 2.05) is 20.8 Å². The van der Waals surface area contributed by atoms with Crippen molar-refractivity contribution < 1.29 is 18.7 Å². The number of rotatable bonds is 2. The Labute approximate surface area is 157 Å². The van der Waals surface area contributed by atoms with Gasteiger partial charge in [-0.25, -0.2) is 9.18 Å². The van der Waals surface area contributed by atoms with E-state index >= 15 is 0 Å². The van der Waals surface area contributed by atoms with E-state index in [0.717, 1.165) is 0 Å². The van der Waals surface area contributed by atoms with Gasteiger partial charge < -0.3 is 25.7 Å². The summed E-state index contributed by atoms with van der Waals surface area (Å²) >= 11 is 0. The third-order valence-corrected chi connectivity index (χ3v) is 4.45. The molecule has 7 nitrogen and oxygen atoms in total. The zero-order valence-corrected chi connectivity index (χ0v) is 15.7. The van der Waals surface area contributed by atoms with Crippen molar-refractivity contribution in [2.45, 2.75) is 44.9 Å². The lowest BCUT2D eigenvalue weighted by Crippen LogP contribution is -2.59. The third kappa shape index (κ3) is 4.57. The van der Waals surface area contributed by atoms with Crippen molar-refractivity contribution in [3.63, 3.8) is 0 Å². The number of hydrogen-bond donors (Lipinski definition) is 3. The van der Waals surface area contributed by atoms with Crippen LogP contribution in [-0.4, -0.2) is 52.7 Å². The number of benzene rings is 1. The lowest BCUT2D eigenvalue weighted by molar-refractivity contribution is 0.0179. The first-order valence-corrected chi connectivity index (χ1v) is 8.95. The van der Waals surface area contributed by atoms with Gasteiger partial charge in [-0.2, -0.15) is 0 Å². The predicted octanol–water partition coefficient (Wildman–Crippen LogP) is 2.37. The van der Waals surface area contributed by atoms with E-state index in [2.05, 4.69) is 10.3 Å². The Morgan fingerprint density at radius 2 is 2.07 bits per heavy atom. The van der Waals surface area contributed by atoms with Gasteiger partial charge in [0.2, 0.25) is 0 Å². The van der Waals surface area contributed by atoms with E-state index in [4.69, 9.17) is 10.5 Å². The molecule has 0 saturated carbocycles. The fraction of sp³-hybridized carbons (Fsp3) is 0.474. The van der Waals surface area contributed by atoms with E-state index in [-0.39, 0.29) is 17.8 Å². The van der Waals surface area contributed by atoms with Crippen LogP contribution in [0.1, 0.15) is 37.7 Å². The lowest BCUT2D eigenvalue weighted by atomic mass is 10.00. The number of aromatic nitrogens is 1. The summed E-state index contributed by atoms with van der Waals surface area (Å²) in [4.78, 5) is 29.2. The zero-order chi connectivity index (χ0) is 19.8. The minimum atomic E-state index is -0.568. The first-order valence-electron chi connectivity index (χ1n) is 8.95. The average molecular weight is 376 g/mol. The molecule has 2 atom stereocenters. The number of piperidine rings is 1. The Morgan fingerprint density at radius 1 is 1.33 bits per heavy atom. The molecule has 1 aliphatic rings. The Kier molecular flexibility index (Phi) is 5.10. The molecule has 2 aromatic rings. The summed E-state index contributed by atoms with van der Waals surface area (Å²) in [5.41, 5.74) is 6.63. The van der Waals surface area contributed by atoms with Gasteiger partial charge in [0.15, 0.2) is 0 Å². The Balaban J connectivity index is 1.61. The smallest absolute Gasteiger partial charge is 0.410 e. The molecule has 2 heterocycles. The second-order valence-corrected chi connectivity index (χ2v) is 7.87. The second kappa shape index (κ2) is 7.19. The summed E-state index contributed by atoms with van der Waals surface area (Å²) in [6.45, 7) is 6.18. The van der Waals surface area contributed by atoms with Crippen molar-refractivity contribution in [1.29, 1.82) is 0 Å². The number of halogens is 1. The number of aromatic amines is 1. The molecule has 0 spiro atoms. The lowest BCUT2D eigenvalue weighted by Gasteiger charge is -2.37. The van der Waals surface area contributed by atoms with Gasteiger partial charge in [-0.3, -0.25) is 4.79 Å². The predicted molar refractivity (Wildman–Crippen MR) is 99.9 cm³/mol. The molecule has 1 aromatic heterocycles. The van der Waals surface area contributed by atoms with Gasteiger partial charge in [0.25, 0.3) is 5.91 Å². The van der Waals surface area contributed by atoms with Crippen LogP contribution in [0.25, 0.3) is 10.9 Å². The normalized spacial score (nSPS) is 20.6. The number of nitrogens with one attached hydrogen (secondary N) is 2. The number of fused-ring (bicyclic) bond motifs is 1. The molecule has 3 rings (SSSR count). The number of nitrogens with zero attached hydrogens (tertiary/aromatic N) is 1. The number of hydrogen-bond acceptors (Lipinski definition) is 4. The molecule has 146 valence electrons. The van der Waals surface area contributed by atoms with Crippen molar-refractivity contribution in [3.05, 3.63) is 35.8 Å². The largest absolute Gasteiger partial charge is 0.444 e. The summed E-state index contributed by atoms with van der Waals surface area (Å²) in [6.07, 6.45) is 0.126. The molecule has 0 bridgehead atoms. The van der Waals surface area contributed by atoms with E-state index in [1.165, 1.54) is 12.1 Å². The standard InChI is InChI=1S/C19H25FN4O3/c1-19(2,3)27-18(26)24-7-6-15(13(21)10-24)23-17(25)16-9-11-8-12(20)4-5-14(11)22-16/h4-5,8-9,13,15,22H,6-7,10,21H2,1-3H3,(H,23,25)/t13-,15?/m1/s1. The van der Waals surface area contributed by atoms with Crippen molar-refractivity contribution in [2.75, 3.05) is 13.1 Å². The highest BCUT2D eigenvalue weighted by Gasteiger charge is 2.32. The first-order chi connectivity index (χ1) is 12.6. The van der Waals surface area contributed by atoms with Crippen molar-refractivity contribution in [3.8, 4) is 0 Å². The molecule has 1 aliphatic heterocycles. The van der Waals surface area contributed by atoms with Gasteiger partial charge in [0.05, 0.1) is 0 Å². The van der Waals surface area contributed by atoms with Crippen LogP contribution < -0.4 is 11.1 Å². The molecule has 0 radical (unpaired) electrons. The number of carbonyl (C=O) groups is 2. The van der Waals surface area contributed by atoms with Crippen LogP contribution >= 0.6 is 0 Å². The molecule has 2 amide bonds. The molecular formula is C19H25FN4O3. The van der Waals surface area contributed by atoms with Crippen molar-refractivity contribution >= 4 is 22.9 Å². The van der Waals surface area contributed by atoms with Gasteiger partial charge in [-0.1, -0.05) is 0 Å². The molecule has 8 heteroatoms. The van der Waals surface area contributed by atoms with Gasteiger partial charge in [-0.05, 0) is 51.5 Å². The fourth-order valence-corrected chi connectivity index (χ4v) is 3.13. The Bertz CT molecular complexity index is 858. The highest BCUT2D eigenvalue weighted by Crippen LogP contribution is 2.18. The Morgan fingerprint density at radius 3 is 2.74 bits per heavy atom. The molecule has 1 fully saturated rings. The maximum atomic E-state index is 13.3. The number of amides is 2. The van der Waals surface area contributed by atoms with Crippen molar-refractivity contribution in [1.82, 2.24) is 15.2 Å². The third-order valence-electron chi connectivity index (χ3n) is 4.45. The Hall–Kier alpha value is -2.61. The minimum absolute atomic E-state index is 0.265. The van der Waals surface area contributed by atoms with Gasteiger partial charge >= 0.3 is 6.09 Å². The summed E-state index contributed by atoms with van der Waals surface area (Å²) in [7, 11) is 0. The molecule has 4 N–H and O–H groups in total. The SMILES string of the molecule is CC(C)(C)OC(=O)N1CCC(NC(=O)c2cc3cc(F)ccc3[nH]2)[C@H](N)C1. The van der Waals surface area contributed by atoms with E-state index in [9.17, 15) is 14.0 Å². The monoisotopic (exact) mass is 376 g/mol. The molecule has 1 aromatic carbocycles. The van der Waals surface area contributed by atoms with Crippen LogP contribution in [-0.2, 0) is 4.74 Å². The first kappa shape index (κ1) is 19.2. The molecule has 1 unspecified atom stereocenters. The van der Waals surface area contributed by atoms with E-state index in [0.29, 0.717) is 36.1 Å². The number of likely N-dealkylation sites (tertiary alicyclic amines) is 1. The second-order valence-electron chi connectivity index (χ2n) is 7.87. The summed E-state index contributed by atoms with van der Waals surface area (Å²) < 4.78 is 18.7.